The third kappa shape index (κ3) is 4.40. The van der Waals surface area contributed by atoms with Crippen LogP contribution in [-0.4, -0.2) is 54.4 Å². The number of anilines is 2. The number of hydrogen-bond acceptors (Lipinski definition) is 7. The van der Waals surface area contributed by atoms with Crippen LogP contribution in [-0.2, 0) is 17.8 Å². The lowest BCUT2D eigenvalue weighted by Gasteiger charge is -2.30. The van der Waals surface area contributed by atoms with Crippen molar-refractivity contribution in [3.05, 3.63) is 59.2 Å². The molecule has 2 N–H and O–H groups in total. The van der Waals surface area contributed by atoms with Gasteiger partial charge in [-0.2, -0.15) is 0 Å². The molecule has 3 aromatic heterocycles. The highest BCUT2D eigenvalue weighted by atomic mass is 19.1. The van der Waals surface area contributed by atoms with Gasteiger partial charge in [0.05, 0.1) is 17.8 Å². The first-order chi connectivity index (χ1) is 18.9. The molecule has 1 aromatic carbocycles. The number of aryl methyl sites for hydroxylation is 1. The molecule has 39 heavy (non-hydrogen) atoms. The van der Waals surface area contributed by atoms with Gasteiger partial charge in [-0.3, -0.25) is 4.79 Å². The second-order valence-corrected chi connectivity index (χ2v) is 10.6. The van der Waals surface area contributed by atoms with E-state index in [9.17, 15) is 9.18 Å². The minimum atomic E-state index is -0.645. The number of aromatic nitrogens is 5. The minimum absolute atomic E-state index is 0.00198. The fourth-order valence-corrected chi connectivity index (χ4v) is 5.73. The summed E-state index contributed by atoms with van der Waals surface area (Å²) in [6.07, 6.45) is 5.68. The van der Waals surface area contributed by atoms with Gasteiger partial charge >= 0.3 is 0 Å². The van der Waals surface area contributed by atoms with Crippen molar-refractivity contribution < 1.29 is 13.6 Å². The van der Waals surface area contributed by atoms with Crippen molar-refractivity contribution in [2.24, 2.45) is 0 Å². The summed E-state index contributed by atoms with van der Waals surface area (Å²) in [5.74, 6) is 0.421. The molecular formula is C28H28F2N8O. The average Bonchev–Trinajstić information content (AvgIpc) is 3.48. The molecule has 1 saturated heterocycles. The topological polar surface area (TPSA) is 101 Å². The summed E-state index contributed by atoms with van der Waals surface area (Å²) in [5.41, 5.74) is 3.16. The van der Waals surface area contributed by atoms with E-state index < -0.39 is 11.6 Å². The maximum atomic E-state index is 15.0. The number of imidazole rings is 1. The molecule has 3 aliphatic rings. The van der Waals surface area contributed by atoms with Gasteiger partial charge in [0.15, 0.2) is 11.6 Å². The van der Waals surface area contributed by atoms with Gasteiger partial charge in [0.1, 0.15) is 22.9 Å². The van der Waals surface area contributed by atoms with E-state index in [1.165, 1.54) is 6.07 Å². The second kappa shape index (κ2) is 9.33. The van der Waals surface area contributed by atoms with Crippen LogP contribution < -0.4 is 10.6 Å². The maximum Gasteiger partial charge on any atom is 0.240 e. The Bertz CT molecular complexity index is 1610. The molecule has 11 heteroatoms. The van der Waals surface area contributed by atoms with Crippen molar-refractivity contribution in [2.45, 2.75) is 57.7 Å². The predicted octanol–water partition coefficient (Wildman–Crippen LogP) is 4.19. The Hall–Kier alpha value is -3.99. The van der Waals surface area contributed by atoms with Crippen LogP contribution in [0.3, 0.4) is 0 Å². The number of pyridine rings is 1. The van der Waals surface area contributed by atoms with Crippen molar-refractivity contribution in [1.82, 2.24) is 34.7 Å². The van der Waals surface area contributed by atoms with Gasteiger partial charge in [0.25, 0.3) is 0 Å². The number of benzene rings is 1. The quantitative estimate of drug-likeness (QED) is 0.399. The molecule has 1 aliphatic carbocycles. The fraction of sp³-hybridized carbons (Fsp3) is 0.393. The summed E-state index contributed by atoms with van der Waals surface area (Å²) < 4.78 is 31.9. The SMILES string of the molecule is Cc1nc2c(F)cc(-c3nc(Nc4ccc5c(n4)CCN(C(=O)[C@H]4CCCN4)C5)ncc3F)cc2n1C1CC1. The molecule has 7 rings (SSSR count). The van der Waals surface area contributed by atoms with Crippen LogP contribution in [0.25, 0.3) is 22.3 Å². The van der Waals surface area contributed by atoms with E-state index in [-0.39, 0.29) is 29.1 Å². The summed E-state index contributed by atoms with van der Waals surface area (Å²) in [6.45, 7) is 3.89. The highest BCUT2D eigenvalue weighted by Gasteiger charge is 2.30. The van der Waals surface area contributed by atoms with E-state index in [2.05, 4.69) is 25.6 Å². The van der Waals surface area contributed by atoms with Crippen molar-refractivity contribution in [2.75, 3.05) is 18.4 Å². The van der Waals surface area contributed by atoms with Crippen LogP contribution in [0.1, 0.15) is 48.8 Å². The van der Waals surface area contributed by atoms with E-state index in [4.69, 9.17) is 4.98 Å². The van der Waals surface area contributed by atoms with E-state index in [0.29, 0.717) is 42.5 Å². The second-order valence-electron chi connectivity index (χ2n) is 10.6. The van der Waals surface area contributed by atoms with Gasteiger partial charge in [-0.25, -0.2) is 28.7 Å². The average molecular weight is 531 g/mol. The molecule has 200 valence electrons. The first kappa shape index (κ1) is 24.1. The highest BCUT2D eigenvalue weighted by molar-refractivity contribution is 5.83. The van der Waals surface area contributed by atoms with Gasteiger partial charge in [0, 0.05) is 36.8 Å². The Morgan fingerprint density at radius 1 is 1.10 bits per heavy atom. The monoisotopic (exact) mass is 530 g/mol. The first-order valence-electron chi connectivity index (χ1n) is 13.4. The number of halogens is 2. The molecule has 2 fully saturated rings. The molecule has 1 amide bonds. The summed E-state index contributed by atoms with van der Waals surface area (Å²) >= 11 is 0. The maximum absolute atomic E-state index is 15.0. The van der Waals surface area contributed by atoms with Crippen LogP contribution in [0, 0.1) is 18.6 Å². The summed E-state index contributed by atoms with van der Waals surface area (Å²) in [4.78, 5) is 32.3. The molecule has 0 spiro atoms. The van der Waals surface area contributed by atoms with Crippen LogP contribution in [0.5, 0.6) is 0 Å². The zero-order valence-corrected chi connectivity index (χ0v) is 21.5. The number of carbonyl (C=O) groups is 1. The summed E-state index contributed by atoms with van der Waals surface area (Å²) in [5, 5.41) is 6.34. The van der Waals surface area contributed by atoms with Crippen LogP contribution in [0.15, 0.2) is 30.5 Å². The lowest BCUT2D eigenvalue weighted by atomic mass is 10.0. The largest absolute Gasteiger partial charge is 0.337 e. The Kier molecular flexibility index (Phi) is 5.76. The predicted molar refractivity (Wildman–Crippen MR) is 141 cm³/mol. The third-order valence-corrected chi connectivity index (χ3v) is 7.81. The molecular weight excluding hydrogens is 502 g/mol. The summed E-state index contributed by atoms with van der Waals surface area (Å²) in [7, 11) is 0. The lowest BCUT2D eigenvalue weighted by Crippen LogP contribution is -2.45. The standard InChI is InChI=1S/C28H28F2N8O/c1-15-33-26-19(29)11-17(12-23(26)38(15)18-5-6-18)25-20(30)13-32-28(36-25)35-24-7-4-16-14-37(10-8-21(16)34-24)27(39)22-3-2-9-31-22/h4,7,11-13,18,22,31H,2-3,5-6,8-10,14H2,1H3,(H,32,34,35,36)/t22-/m1/s1. The Labute approximate surface area is 223 Å². The highest BCUT2D eigenvalue weighted by Crippen LogP contribution is 2.40. The smallest absolute Gasteiger partial charge is 0.240 e. The van der Waals surface area contributed by atoms with E-state index >= 15 is 4.39 Å². The lowest BCUT2D eigenvalue weighted by molar-refractivity contribution is -0.134. The van der Waals surface area contributed by atoms with Crippen LogP contribution >= 0.6 is 0 Å². The molecule has 0 radical (unpaired) electrons. The number of amides is 1. The third-order valence-electron chi connectivity index (χ3n) is 7.81. The molecule has 4 aromatic rings. The van der Waals surface area contributed by atoms with E-state index in [1.54, 1.807) is 12.1 Å². The number of rotatable bonds is 5. The van der Waals surface area contributed by atoms with Gasteiger partial charge < -0.3 is 20.1 Å². The fourth-order valence-electron chi connectivity index (χ4n) is 5.73. The van der Waals surface area contributed by atoms with Crippen LogP contribution in [0.4, 0.5) is 20.5 Å². The molecule has 2 aliphatic heterocycles. The molecule has 0 unspecified atom stereocenters. The zero-order chi connectivity index (χ0) is 26.7. The molecule has 9 nitrogen and oxygen atoms in total. The Balaban J connectivity index is 1.14. The van der Waals surface area contributed by atoms with Gasteiger partial charge in [-0.15, -0.1) is 0 Å². The van der Waals surface area contributed by atoms with Crippen molar-refractivity contribution in [3.63, 3.8) is 0 Å². The minimum Gasteiger partial charge on any atom is -0.337 e. The van der Waals surface area contributed by atoms with Crippen molar-refractivity contribution in [3.8, 4) is 11.3 Å². The van der Waals surface area contributed by atoms with Crippen LogP contribution in [0.2, 0.25) is 0 Å². The number of hydrogen-bond donors (Lipinski definition) is 2. The van der Waals surface area contributed by atoms with E-state index in [1.807, 2.05) is 22.5 Å². The normalized spacial score (nSPS) is 18.9. The Morgan fingerprint density at radius 2 is 1.97 bits per heavy atom. The molecule has 0 bridgehead atoms. The van der Waals surface area contributed by atoms with Crippen molar-refractivity contribution in [1.29, 1.82) is 0 Å². The molecule has 1 atom stereocenters. The molecule has 1 saturated carbocycles. The number of carbonyl (C=O) groups excluding carboxylic acids is 1. The number of nitrogens with one attached hydrogen (secondary N) is 2. The first-order valence-corrected chi connectivity index (χ1v) is 13.4. The number of nitrogens with zero attached hydrogens (tertiary/aromatic N) is 6. The van der Waals surface area contributed by atoms with Gasteiger partial charge in [0.2, 0.25) is 11.9 Å². The summed E-state index contributed by atoms with van der Waals surface area (Å²) in [6, 6.07) is 6.98. The Morgan fingerprint density at radius 3 is 2.77 bits per heavy atom. The van der Waals surface area contributed by atoms with Gasteiger partial charge in [-0.1, -0.05) is 6.07 Å². The zero-order valence-electron chi connectivity index (χ0n) is 21.5. The number of fused-ring (bicyclic) bond motifs is 2. The molecule has 5 heterocycles. The van der Waals surface area contributed by atoms with Crippen molar-refractivity contribution >= 4 is 28.7 Å². The van der Waals surface area contributed by atoms with Gasteiger partial charge in [-0.05, 0) is 62.9 Å². The van der Waals surface area contributed by atoms with E-state index in [0.717, 1.165) is 55.5 Å².